The fourth-order valence-electron chi connectivity index (χ4n) is 1.57. The van der Waals surface area contributed by atoms with Crippen LogP contribution in [-0.2, 0) is 10.0 Å². The highest BCUT2D eigenvalue weighted by Gasteiger charge is 2.21. The van der Waals surface area contributed by atoms with Gasteiger partial charge in [-0.1, -0.05) is 0 Å². The predicted molar refractivity (Wildman–Crippen MR) is 78.3 cm³/mol. The van der Waals surface area contributed by atoms with Crippen LogP contribution in [0.2, 0.25) is 0 Å². The van der Waals surface area contributed by atoms with Crippen LogP contribution in [-0.4, -0.2) is 13.4 Å². The summed E-state index contributed by atoms with van der Waals surface area (Å²) in [4.78, 5) is 3.44. The third kappa shape index (κ3) is 3.07. The molecule has 0 fully saturated rings. The van der Waals surface area contributed by atoms with Crippen molar-refractivity contribution < 1.29 is 12.8 Å². The van der Waals surface area contributed by atoms with E-state index in [-0.39, 0.29) is 5.69 Å². The third-order valence-electron chi connectivity index (χ3n) is 2.49. The zero-order valence-electron chi connectivity index (χ0n) is 10.4. The maximum atomic E-state index is 13.8. The van der Waals surface area contributed by atoms with Crippen LogP contribution in [0.4, 0.5) is 15.8 Å². The van der Waals surface area contributed by atoms with E-state index in [0.29, 0.717) is 15.9 Å². The average Bonchev–Trinajstić information content (AvgIpc) is 2.33. The summed E-state index contributed by atoms with van der Waals surface area (Å²) in [5.74, 6) is -0.885. The lowest BCUT2D eigenvalue weighted by molar-refractivity contribution is 0.570. The molecule has 0 radical (unpaired) electrons. The van der Waals surface area contributed by atoms with E-state index in [1.165, 1.54) is 18.3 Å². The molecule has 0 spiro atoms. The summed E-state index contributed by atoms with van der Waals surface area (Å²) >= 11 is 3.03. The van der Waals surface area contributed by atoms with E-state index < -0.39 is 20.7 Å². The Morgan fingerprint density at radius 1 is 1.35 bits per heavy atom. The number of rotatable bonds is 3. The molecule has 0 atom stereocenters. The van der Waals surface area contributed by atoms with Gasteiger partial charge < -0.3 is 5.73 Å². The first-order valence-corrected chi connectivity index (χ1v) is 7.77. The van der Waals surface area contributed by atoms with Gasteiger partial charge in [-0.3, -0.25) is 9.71 Å². The van der Waals surface area contributed by atoms with Crippen LogP contribution >= 0.6 is 15.9 Å². The number of nitrogens with zero attached hydrogens (tertiary/aromatic N) is 1. The summed E-state index contributed by atoms with van der Waals surface area (Å²) in [6.45, 7) is 1.72. The summed E-state index contributed by atoms with van der Waals surface area (Å²) in [6, 6.07) is 5.10. The van der Waals surface area contributed by atoms with Gasteiger partial charge in [0.1, 0.15) is 10.7 Å². The largest absolute Gasteiger partial charge is 0.398 e. The monoisotopic (exact) mass is 359 g/mol. The maximum absolute atomic E-state index is 13.8. The molecule has 0 aliphatic carbocycles. The van der Waals surface area contributed by atoms with E-state index in [2.05, 4.69) is 25.6 Å². The Morgan fingerprint density at radius 3 is 2.70 bits per heavy atom. The molecule has 0 bridgehead atoms. The first-order valence-electron chi connectivity index (χ1n) is 5.49. The van der Waals surface area contributed by atoms with Crippen LogP contribution in [0.25, 0.3) is 0 Å². The Labute approximate surface area is 124 Å². The normalized spacial score (nSPS) is 11.3. The number of nitrogens with one attached hydrogen (secondary N) is 1. The first kappa shape index (κ1) is 14.7. The van der Waals surface area contributed by atoms with E-state index in [1.807, 2.05) is 0 Å². The van der Waals surface area contributed by atoms with Gasteiger partial charge in [-0.25, -0.2) is 12.8 Å². The Balaban J connectivity index is 2.43. The van der Waals surface area contributed by atoms with Crippen molar-refractivity contribution in [2.75, 3.05) is 10.5 Å². The van der Waals surface area contributed by atoms with Gasteiger partial charge in [0.2, 0.25) is 0 Å². The van der Waals surface area contributed by atoms with Gasteiger partial charge in [0.25, 0.3) is 10.0 Å². The molecule has 0 amide bonds. The lowest BCUT2D eigenvalue weighted by Gasteiger charge is -2.10. The Hall–Kier alpha value is -1.67. The number of hydrogen-bond donors (Lipinski definition) is 2. The van der Waals surface area contributed by atoms with Crippen LogP contribution in [0.15, 0.2) is 39.8 Å². The number of pyridine rings is 1. The number of halogens is 2. The number of sulfonamides is 1. The highest BCUT2D eigenvalue weighted by Crippen LogP contribution is 2.27. The smallest absolute Gasteiger partial charge is 0.264 e. The predicted octanol–water partition coefficient (Wildman–Crippen LogP) is 2.67. The number of anilines is 2. The Kier molecular flexibility index (Phi) is 3.96. The van der Waals surface area contributed by atoms with Gasteiger partial charge in [-0.05, 0) is 47.1 Å². The molecule has 2 rings (SSSR count). The molecule has 0 aliphatic rings. The minimum Gasteiger partial charge on any atom is -0.398 e. The summed E-state index contributed by atoms with van der Waals surface area (Å²) in [5.41, 5.74) is 6.67. The molecular formula is C12H11BrFN3O2S. The number of nitrogens with two attached hydrogens (primary N) is 1. The van der Waals surface area contributed by atoms with Crippen LogP contribution < -0.4 is 10.5 Å². The van der Waals surface area contributed by atoms with E-state index in [0.717, 1.165) is 12.1 Å². The first-order chi connectivity index (χ1) is 9.29. The lowest BCUT2D eigenvalue weighted by Crippen LogP contribution is -2.15. The van der Waals surface area contributed by atoms with E-state index in [9.17, 15) is 12.8 Å². The minimum absolute atomic E-state index is 0.137. The number of hydrogen-bond acceptors (Lipinski definition) is 4. The summed E-state index contributed by atoms with van der Waals surface area (Å²) in [6.07, 6.45) is 1.46. The fraction of sp³-hybridized carbons (Fsp3) is 0.0833. The van der Waals surface area contributed by atoms with Crippen molar-refractivity contribution >= 4 is 37.3 Å². The number of nitrogen functional groups attached to an aromatic ring is 1. The molecule has 0 saturated heterocycles. The van der Waals surface area contributed by atoms with Crippen LogP contribution in [0.5, 0.6) is 0 Å². The second kappa shape index (κ2) is 5.37. The molecule has 2 aromatic rings. The van der Waals surface area contributed by atoms with Crippen molar-refractivity contribution in [2.45, 2.75) is 11.8 Å². The SMILES string of the molecule is Cc1cc(NS(=O)(=O)c2cc(N)c(Br)cc2F)ccn1. The van der Waals surface area contributed by atoms with Crippen LogP contribution in [0.1, 0.15) is 5.69 Å². The van der Waals surface area contributed by atoms with Crippen molar-refractivity contribution in [2.24, 2.45) is 0 Å². The van der Waals surface area contributed by atoms with Crippen molar-refractivity contribution in [3.05, 3.63) is 46.4 Å². The molecule has 20 heavy (non-hydrogen) atoms. The van der Waals surface area contributed by atoms with Crippen molar-refractivity contribution in [1.82, 2.24) is 4.98 Å². The molecule has 0 unspecified atom stereocenters. The van der Waals surface area contributed by atoms with Gasteiger partial charge in [0, 0.05) is 22.1 Å². The Bertz CT molecular complexity index is 765. The van der Waals surface area contributed by atoms with Gasteiger partial charge in [-0.15, -0.1) is 0 Å². The molecule has 1 heterocycles. The second-order valence-corrected chi connectivity index (χ2v) is 6.60. The molecule has 0 saturated carbocycles. The van der Waals surface area contributed by atoms with E-state index in [4.69, 9.17) is 5.73 Å². The number of aromatic nitrogens is 1. The number of aryl methyl sites for hydroxylation is 1. The minimum atomic E-state index is -4.05. The average molecular weight is 360 g/mol. The standard InChI is InChI=1S/C12H11BrFN3O2S/c1-7-4-8(2-3-16-7)17-20(18,19)12-6-11(15)9(13)5-10(12)14/h2-6H,15H2,1H3,(H,16,17). The second-order valence-electron chi connectivity index (χ2n) is 4.10. The van der Waals surface area contributed by atoms with Crippen molar-refractivity contribution in [1.29, 1.82) is 0 Å². The summed E-state index contributed by atoms with van der Waals surface area (Å²) in [7, 11) is -4.05. The molecule has 106 valence electrons. The number of benzene rings is 1. The lowest BCUT2D eigenvalue weighted by atomic mass is 10.3. The van der Waals surface area contributed by atoms with Crippen molar-refractivity contribution in [3.63, 3.8) is 0 Å². The Morgan fingerprint density at radius 2 is 2.05 bits per heavy atom. The van der Waals surface area contributed by atoms with Gasteiger partial charge in [-0.2, -0.15) is 0 Å². The van der Waals surface area contributed by atoms with Gasteiger partial charge >= 0.3 is 0 Å². The fourth-order valence-corrected chi connectivity index (χ4v) is 3.03. The van der Waals surface area contributed by atoms with E-state index >= 15 is 0 Å². The van der Waals surface area contributed by atoms with Gasteiger partial charge in [0.15, 0.2) is 0 Å². The van der Waals surface area contributed by atoms with Gasteiger partial charge in [0.05, 0.1) is 5.69 Å². The molecule has 0 aliphatic heterocycles. The zero-order valence-corrected chi connectivity index (χ0v) is 12.8. The molecule has 8 heteroatoms. The summed E-state index contributed by atoms with van der Waals surface area (Å²) < 4.78 is 40.7. The molecular weight excluding hydrogens is 349 g/mol. The highest BCUT2D eigenvalue weighted by atomic mass is 79.9. The van der Waals surface area contributed by atoms with Crippen molar-refractivity contribution in [3.8, 4) is 0 Å². The zero-order chi connectivity index (χ0) is 14.9. The molecule has 3 N–H and O–H groups in total. The molecule has 5 nitrogen and oxygen atoms in total. The van der Waals surface area contributed by atoms with E-state index in [1.54, 1.807) is 6.92 Å². The van der Waals surface area contributed by atoms with Crippen LogP contribution in [0.3, 0.4) is 0 Å². The molecule has 1 aromatic heterocycles. The third-order valence-corrected chi connectivity index (χ3v) is 4.57. The quantitative estimate of drug-likeness (QED) is 0.825. The molecule has 1 aromatic carbocycles. The van der Waals surface area contributed by atoms with Crippen LogP contribution in [0, 0.1) is 12.7 Å². The summed E-state index contributed by atoms with van der Waals surface area (Å²) in [5, 5.41) is 0. The highest BCUT2D eigenvalue weighted by molar-refractivity contribution is 9.10. The maximum Gasteiger partial charge on any atom is 0.264 e. The topological polar surface area (TPSA) is 85.1 Å².